The van der Waals surface area contributed by atoms with E-state index in [1.165, 1.54) is 11.1 Å². The number of halogens is 2. The first kappa shape index (κ1) is 24.0. The predicted molar refractivity (Wildman–Crippen MR) is 123 cm³/mol. The zero-order valence-corrected chi connectivity index (χ0v) is 19.8. The third-order valence-corrected chi connectivity index (χ3v) is 5.99. The highest BCUT2D eigenvalue weighted by Gasteiger charge is 2.19. The smallest absolute Gasteiger partial charge is 0.138 e. The topological polar surface area (TPSA) is 18.5 Å². The van der Waals surface area contributed by atoms with Crippen LogP contribution in [-0.2, 0) is 16.7 Å². The zero-order valence-electron chi connectivity index (χ0n) is 18.3. The highest BCUT2D eigenvalue weighted by molar-refractivity contribution is 6.32. The van der Waals surface area contributed by atoms with E-state index in [0.717, 1.165) is 29.0 Å². The van der Waals surface area contributed by atoms with Gasteiger partial charge in [-0.3, -0.25) is 0 Å². The van der Waals surface area contributed by atoms with Gasteiger partial charge in [0, 0.05) is 10.6 Å². The summed E-state index contributed by atoms with van der Waals surface area (Å²) in [6, 6.07) is 14.1. The van der Waals surface area contributed by atoms with Crippen LogP contribution < -0.4 is 4.74 Å². The van der Waals surface area contributed by atoms with Crippen molar-refractivity contribution in [2.24, 2.45) is 0 Å². The van der Waals surface area contributed by atoms with Gasteiger partial charge in [-0.25, -0.2) is 0 Å². The van der Waals surface area contributed by atoms with Crippen molar-refractivity contribution < 1.29 is 14.0 Å². The zero-order chi connectivity index (χ0) is 21.5. The van der Waals surface area contributed by atoms with E-state index in [2.05, 4.69) is 53.1 Å². The maximum absolute atomic E-state index is 6.40. The molecule has 0 heterocycles. The van der Waals surface area contributed by atoms with E-state index in [4.69, 9.17) is 32.7 Å². The van der Waals surface area contributed by atoms with Gasteiger partial charge in [0.1, 0.15) is 25.4 Å². The van der Waals surface area contributed by atoms with E-state index in [9.17, 15) is 0 Å². The van der Waals surface area contributed by atoms with Crippen LogP contribution >= 0.6 is 23.2 Å². The molecule has 2 aromatic carbocycles. The standard InChI is InChI=1S/C24H34Cl2NO2/c1-6-24(2,3)20-9-12-23(22(26)17-20)29-16-15-28-14-13-27(4,5)18-19-7-10-21(25)11-8-19/h7-12,17H,6,13-16,18H2,1-5H3/q+1. The lowest BCUT2D eigenvalue weighted by atomic mass is 9.82. The molecule has 0 N–H and O–H groups in total. The van der Waals surface area contributed by atoms with Gasteiger partial charge in [-0.15, -0.1) is 0 Å². The molecule has 0 bridgehead atoms. The fourth-order valence-corrected chi connectivity index (χ4v) is 3.39. The SMILES string of the molecule is CCC(C)(C)c1ccc(OCCOCC[N+](C)(C)Cc2ccc(Cl)cc2)c(Cl)c1. The normalized spacial score (nSPS) is 12.2. The number of ether oxygens (including phenoxy) is 2. The molecule has 0 aromatic heterocycles. The van der Waals surface area contributed by atoms with Crippen LogP contribution in [0, 0.1) is 0 Å². The van der Waals surface area contributed by atoms with E-state index in [1.54, 1.807) is 0 Å². The monoisotopic (exact) mass is 438 g/mol. The summed E-state index contributed by atoms with van der Waals surface area (Å²) >= 11 is 12.4. The van der Waals surface area contributed by atoms with E-state index in [1.807, 2.05) is 24.3 Å². The second-order valence-corrected chi connectivity index (χ2v) is 9.63. The average Bonchev–Trinajstić information content (AvgIpc) is 2.67. The maximum atomic E-state index is 6.40. The fourth-order valence-electron chi connectivity index (χ4n) is 3.03. The van der Waals surface area contributed by atoms with Gasteiger partial charge < -0.3 is 14.0 Å². The van der Waals surface area contributed by atoms with Gasteiger partial charge in [-0.2, -0.15) is 0 Å². The van der Waals surface area contributed by atoms with Gasteiger partial charge in [0.25, 0.3) is 0 Å². The minimum atomic E-state index is 0.113. The highest BCUT2D eigenvalue weighted by atomic mass is 35.5. The Balaban J connectivity index is 1.71. The van der Waals surface area contributed by atoms with E-state index in [0.29, 0.717) is 30.6 Å². The van der Waals surface area contributed by atoms with Crippen LogP contribution in [0.2, 0.25) is 10.0 Å². The summed E-state index contributed by atoms with van der Waals surface area (Å²) in [7, 11) is 4.40. The molecule has 0 saturated heterocycles. The summed E-state index contributed by atoms with van der Waals surface area (Å²) < 4.78 is 12.4. The first-order chi connectivity index (χ1) is 13.6. The van der Waals surface area contributed by atoms with Crippen molar-refractivity contribution in [3.05, 3.63) is 63.6 Å². The number of benzene rings is 2. The van der Waals surface area contributed by atoms with Gasteiger partial charge in [0.05, 0.1) is 32.3 Å². The maximum Gasteiger partial charge on any atom is 0.138 e. The van der Waals surface area contributed by atoms with Crippen molar-refractivity contribution >= 4 is 23.2 Å². The molecule has 0 saturated carbocycles. The Morgan fingerprint density at radius 1 is 0.931 bits per heavy atom. The number of likely N-dealkylation sites (N-methyl/N-ethyl adjacent to an activating group) is 1. The lowest BCUT2D eigenvalue weighted by molar-refractivity contribution is -0.904. The molecular weight excluding hydrogens is 405 g/mol. The van der Waals surface area contributed by atoms with E-state index in [-0.39, 0.29) is 5.41 Å². The third kappa shape index (κ3) is 7.82. The minimum absolute atomic E-state index is 0.113. The molecule has 0 aliphatic rings. The van der Waals surface area contributed by atoms with Gasteiger partial charge in [-0.1, -0.05) is 62.2 Å². The molecule has 2 rings (SSSR count). The van der Waals surface area contributed by atoms with Crippen LogP contribution in [0.1, 0.15) is 38.3 Å². The van der Waals surface area contributed by atoms with Gasteiger partial charge in [0.2, 0.25) is 0 Å². The summed E-state index contributed by atoms with van der Waals surface area (Å²) in [5.41, 5.74) is 2.61. The van der Waals surface area contributed by atoms with Crippen molar-refractivity contribution in [3.8, 4) is 5.75 Å². The lowest BCUT2D eigenvalue weighted by Gasteiger charge is -2.29. The predicted octanol–water partition coefficient (Wildman–Crippen LogP) is 6.35. The molecule has 0 atom stereocenters. The van der Waals surface area contributed by atoms with Crippen LogP contribution in [0.5, 0.6) is 5.75 Å². The van der Waals surface area contributed by atoms with Crippen molar-refractivity contribution in [1.29, 1.82) is 0 Å². The molecule has 3 nitrogen and oxygen atoms in total. The lowest BCUT2D eigenvalue weighted by Crippen LogP contribution is -2.41. The summed E-state index contributed by atoms with van der Waals surface area (Å²) in [5, 5.41) is 1.43. The second kappa shape index (κ2) is 10.7. The number of rotatable bonds is 11. The Hall–Kier alpha value is -1.26. The van der Waals surface area contributed by atoms with Crippen molar-refractivity contribution in [2.45, 2.75) is 39.2 Å². The van der Waals surface area contributed by atoms with Crippen LogP contribution in [0.15, 0.2) is 42.5 Å². The molecule has 5 heteroatoms. The summed E-state index contributed by atoms with van der Waals surface area (Å²) in [6.07, 6.45) is 1.06. The Bertz CT molecular complexity index is 773. The van der Waals surface area contributed by atoms with Crippen LogP contribution in [0.4, 0.5) is 0 Å². The quantitative estimate of drug-likeness (QED) is 0.300. The summed E-state index contributed by atoms with van der Waals surface area (Å²) in [4.78, 5) is 0. The fraction of sp³-hybridized carbons (Fsp3) is 0.500. The molecule has 0 radical (unpaired) electrons. The summed E-state index contributed by atoms with van der Waals surface area (Å²) in [6.45, 7) is 10.2. The highest BCUT2D eigenvalue weighted by Crippen LogP contribution is 2.33. The van der Waals surface area contributed by atoms with Gasteiger partial charge in [0.15, 0.2) is 0 Å². The van der Waals surface area contributed by atoms with E-state index < -0.39 is 0 Å². The molecule has 0 fully saturated rings. The molecular formula is C24H34Cl2NO2+. The average molecular weight is 439 g/mol. The molecule has 0 unspecified atom stereocenters. The molecule has 29 heavy (non-hydrogen) atoms. The number of hydrogen-bond acceptors (Lipinski definition) is 2. The molecule has 0 amide bonds. The Labute approximate surface area is 186 Å². The number of quaternary nitrogens is 1. The molecule has 160 valence electrons. The first-order valence-corrected chi connectivity index (χ1v) is 11.0. The Morgan fingerprint density at radius 3 is 2.24 bits per heavy atom. The Morgan fingerprint density at radius 2 is 1.62 bits per heavy atom. The summed E-state index contributed by atoms with van der Waals surface area (Å²) in [5.74, 6) is 0.713. The number of nitrogens with zero attached hydrogens (tertiary/aromatic N) is 1. The van der Waals surface area contributed by atoms with Crippen LogP contribution in [-0.4, -0.2) is 44.9 Å². The molecule has 2 aromatic rings. The van der Waals surface area contributed by atoms with Crippen molar-refractivity contribution in [2.75, 3.05) is 40.5 Å². The molecule has 0 aliphatic carbocycles. The van der Waals surface area contributed by atoms with Gasteiger partial charge >= 0.3 is 0 Å². The Kier molecular flexibility index (Phi) is 8.84. The van der Waals surface area contributed by atoms with Crippen LogP contribution in [0.25, 0.3) is 0 Å². The van der Waals surface area contributed by atoms with Gasteiger partial charge in [-0.05, 0) is 41.7 Å². The largest absolute Gasteiger partial charge is 0.490 e. The molecule has 0 spiro atoms. The van der Waals surface area contributed by atoms with E-state index >= 15 is 0 Å². The van der Waals surface area contributed by atoms with Crippen molar-refractivity contribution in [3.63, 3.8) is 0 Å². The van der Waals surface area contributed by atoms with Crippen LogP contribution in [0.3, 0.4) is 0 Å². The first-order valence-electron chi connectivity index (χ1n) is 10.2. The van der Waals surface area contributed by atoms with Crippen molar-refractivity contribution in [1.82, 2.24) is 0 Å². The third-order valence-electron chi connectivity index (χ3n) is 5.45. The minimum Gasteiger partial charge on any atom is -0.490 e. The molecule has 0 aliphatic heterocycles. The second-order valence-electron chi connectivity index (χ2n) is 8.79. The number of hydrogen-bond donors (Lipinski definition) is 0.